The van der Waals surface area contributed by atoms with Gasteiger partial charge < -0.3 is 9.64 Å². The summed E-state index contributed by atoms with van der Waals surface area (Å²) in [6, 6.07) is 2.59. The molecule has 3 rings (SSSR count). The number of nitrogens with zero attached hydrogens (tertiary/aromatic N) is 2. The molecule has 2 heterocycles. The molecule has 1 N–H and O–H groups in total. The molecular weight excluding hydrogens is 417 g/mol. The molecule has 0 spiro atoms. The first-order chi connectivity index (χ1) is 13.2. The molecule has 1 aromatic carbocycles. The van der Waals surface area contributed by atoms with Gasteiger partial charge in [0.1, 0.15) is 5.82 Å². The van der Waals surface area contributed by atoms with Gasteiger partial charge >= 0.3 is 6.09 Å². The van der Waals surface area contributed by atoms with E-state index in [2.05, 4.69) is 9.46 Å². The van der Waals surface area contributed by atoms with Crippen molar-refractivity contribution in [3.8, 4) is 0 Å². The van der Waals surface area contributed by atoms with Crippen molar-refractivity contribution in [2.75, 3.05) is 26.2 Å². The summed E-state index contributed by atoms with van der Waals surface area (Å²) in [5, 5.41) is -0.341. The van der Waals surface area contributed by atoms with Gasteiger partial charge in [0.05, 0.1) is 16.5 Å². The van der Waals surface area contributed by atoms with E-state index >= 15 is 0 Å². The number of piperidine rings is 1. The van der Waals surface area contributed by atoms with Crippen molar-refractivity contribution < 1.29 is 31.9 Å². The summed E-state index contributed by atoms with van der Waals surface area (Å²) < 4.78 is 44.5. The van der Waals surface area contributed by atoms with E-state index in [4.69, 9.17) is 11.6 Å². The Balaban J connectivity index is 1.54. The van der Waals surface area contributed by atoms with E-state index in [1.54, 1.807) is 0 Å². The van der Waals surface area contributed by atoms with E-state index < -0.39 is 40.3 Å². The molecule has 2 aliphatic rings. The number of rotatable bonds is 5. The summed E-state index contributed by atoms with van der Waals surface area (Å²) in [6.45, 7) is -0.213. The van der Waals surface area contributed by atoms with Crippen LogP contribution in [-0.2, 0) is 24.3 Å². The third kappa shape index (κ3) is 4.26. The van der Waals surface area contributed by atoms with Gasteiger partial charge in [0.2, 0.25) is 15.9 Å². The zero-order chi connectivity index (χ0) is 20.5. The maximum Gasteiger partial charge on any atom is 0.417 e. The molecule has 2 fully saturated rings. The van der Waals surface area contributed by atoms with Crippen molar-refractivity contribution in [3.05, 3.63) is 29.0 Å². The Morgan fingerprint density at radius 1 is 1.29 bits per heavy atom. The van der Waals surface area contributed by atoms with E-state index in [0.717, 1.165) is 23.1 Å². The standard InChI is InChI=1S/C16H17ClFN3O6S/c17-12-7-11(1-2-13(12)18)28(25,26)19-8-14(22)20-5-3-10(4-6-20)21-15(23)9-27-16(21)24/h1-2,7,10,19H,3-6,8-9H2. The van der Waals surface area contributed by atoms with Crippen LogP contribution in [0.3, 0.4) is 0 Å². The molecule has 2 saturated heterocycles. The van der Waals surface area contributed by atoms with Crippen LogP contribution in [0, 0.1) is 5.82 Å². The first-order valence-corrected chi connectivity index (χ1v) is 10.3. The Morgan fingerprint density at radius 3 is 2.54 bits per heavy atom. The predicted molar refractivity (Wildman–Crippen MR) is 94.4 cm³/mol. The van der Waals surface area contributed by atoms with Gasteiger partial charge in [0, 0.05) is 19.1 Å². The smallest absolute Gasteiger partial charge is 0.417 e. The fraction of sp³-hybridized carbons (Fsp3) is 0.438. The molecule has 1 aromatic rings. The summed E-state index contributed by atoms with van der Waals surface area (Å²) in [7, 11) is -4.03. The highest BCUT2D eigenvalue weighted by molar-refractivity contribution is 7.89. The van der Waals surface area contributed by atoms with Crippen molar-refractivity contribution >= 4 is 39.5 Å². The van der Waals surface area contributed by atoms with Crippen molar-refractivity contribution in [1.82, 2.24) is 14.5 Å². The van der Waals surface area contributed by atoms with Crippen LogP contribution in [0.1, 0.15) is 12.8 Å². The van der Waals surface area contributed by atoms with E-state index in [0.29, 0.717) is 12.8 Å². The molecule has 12 heteroatoms. The number of carbonyl (C=O) groups is 3. The van der Waals surface area contributed by atoms with Gasteiger partial charge in [-0.05, 0) is 31.0 Å². The minimum atomic E-state index is -4.03. The van der Waals surface area contributed by atoms with Crippen molar-refractivity contribution in [1.29, 1.82) is 0 Å². The second-order valence-corrected chi connectivity index (χ2v) is 8.50. The average molecular weight is 434 g/mol. The highest BCUT2D eigenvalue weighted by Crippen LogP contribution is 2.21. The Bertz CT molecular complexity index is 901. The van der Waals surface area contributed by atoms with Crippen LogP contribution < -0.4 is 4.72 Å². The van der Waals surface area contributed by atoms with Gasteiger partial charge in [-0.15, -0.1) is 0 Å². The normalized spacial score (nSPS) is 18.5. The Hall–Kier alpha value is -2.24. The molecule has 0 saturated carbocycles. The van der Waals surface area contributed by atoms with Crippen molar-refractivity contribution in [3.63, 3.8) is 0 Å². The van der Waals surface area contributed by atoms with Crippen LogP contribution >= 0.6 is 11.6 Å². The number of carbonyl (C=O) groups excluding carboxylic acids is 3. The number of amides is 3. The predicted octanol–water partition coefficient (Wildman–Crippen LogP) is 0.727. The maximum atomic E-state index is 13.2. The molecule has 0 unspecified atom stereocenters. The summed E-state index contributed by atoms with van der Waals surface area (Å²) in [6.07, 6.45) is 0.0836. The van der Waals surface area contributed by atoms with Gasteiger partial charge in [-0.25, -0.2) is 27.2 Å². The quantitative estimate of drug-likeness (QED) is 0.732. The molecule has 9 nitrogen and oxygen atoms in total. The SMILES string of the molecule is O=C(CNS(=O)(=O)c1ccc(F)c(Cl)c1)N1CCC(N2C(=O)COC2=O)CC1. The van der Waals surface area contributed by atoms with E-state index in [-0.39, 0.29) is 35.7 Å². The third-order valence-electron chi connectivity index (χ3n) is 4.58. The van der Waals surface area contributed by atoms with Gasteiger partial charge in [0.15, 0.2) is 6.61 Å². The second-order valence-electron chi connectivity index (χ2n) is 6.33. The van der Waals surface area contributed by atoms with Crippen LogP contribution in [-0.4, -0.2) is 68.4 Å². The summed E-state index contributed by atoms with van der Waals surface area (Å²) in [4.78, 5) is 37.8. The Morgan fingerprint density at radius 2 is 1.96 bits per heavy atom. The van der Waals surface area contributed by atoms with Crippen LogP contribution in [0.2, 0.25) is 5.02 Å². The second kappa shape index (κ2) is 8.02. The summed E-state index contributed by atoms with van der Waals surface area (Å²) >= 11 is 5.59. The van der Waals surface area contributed by atoms with Gasteiger partial charge in [0.25, 0.3) is 5.91 Å². The first-order valence-electron chi connectivity index (χ1n) is 8.40. The lowest BCUT2D eigenvalue weighted by molar-refractivity contribution is -0.132. The number of cyclic esters (lactones) is 1. The minimum Gasteiger partial charge on any atom is -0.439 e. The number of halogens is 2. The number of hydrogen-bond acceptors (Lipinski definition) is 6. The molecule has 0 radical (unpaired) electrons. The van der Waals surface area contributed by atoms with Gasteiger partial charge in [-0.2, -0.15) is 0 Å². The number of ether oxygens (including phenoxy) is 1. The number of hydrogen-bond donors (Lipinski definition) is 1. The number of benzene rings is 1. The van der Waals surface area contributed by atoms with Crippen LogP contribution in [0.25, 0.3) is 0 Å². The highest BCUT2D eigenvalue weighted by Gasteiger charge is 2.39. The van der Waals surface area contributed by atoms with Crippen LogP contribution in [0.15, 0.2) is 23.1 Å². The molecule has 2 aliphatic heterocycles. The molecule has 0 bridgehead atoms. The number of sulfonamides is 1. The third-order valence-corrected chi connectivity index (χ3v) is 6.27. The lowest BCUT2D eigenvalue weighted by atomic mass is 10.0. The zero-order valence-corrected chi connectivity index (χ0v) is 16.1. The molecule has 3 amide bonds. The van der Waals surface area contributed by atoms with E-state index in [1.807, 2.05) is 0 Å². The summed E-state index contributed by atoms with van der Waals surface area (Å²) in [5.41, 5.74) is 0. The number of nitrogens with one attached hydrogen (secondary N) is 1. The lowest BCUT2D eigenvalue weighted by Crippen LogP contribution is -2.50. The van der Waals surface area contributed by atoms with E-state index in [9.17, 15) is 27.2 Å². The largest absolute Gasteiger partial charge is 0.439 e. The van der Waals surface area contributed by atoms with Crippen molar-refractivity contribution in [2.45, 2.75) is 23.8 Å². The van der Waals surface area contributed by atoms with E-state index in [1.165, 1.54) is 4.90 Å². The highest BCUT2D eigenvalue weighted by atomic mass is 35.5. The monoisotopic (exact) mass is 433 g/mol. The molecular formula is C16H17ClFN3O6S. The fourth-order valence-corrected chi connectivity index (χ4v) is 4.33. The Kier molecular flexibility index (Phi) is 5.87. The molecule has 0 atom stereocenters. The maximum absolute atomic E-state index is 13.2. The number of imide groups is 1. The molecule has 28 heavy (non-hydrogen) atoms. The van der Waals surface area contributed by atoms with Crippen molar-refractivity contribution in [2.24, 2.45) is 0 Å². The topological polar surface area (TPSA) is 113 Å². The van der Waals surface area contributed by atoms with Gasteiger partial charge in [-0.1, -0.05) is 11.6 Å². The average Bonchev–Trinajstić information content (AvgIpc) is 3.00. The molecule has 0 aliphatic carbocycles. The lowest BCUT2D eigenvalue weighted by Gasteiger charge is -2.34. The number of likely N-dealkylation sites (tertiary alicyclic amines) is 1. The fourth-order valence-electron chi connectivity index (χ4n) is 3.09. The summed E-state index contributed by atoms with van der Waals surface area (Å²) in [5.74, 6) is -1.61. The van der Waals surface area contributed by atoms with Gasteiger partial charge in [-0.3, -0.25) is 9.59 Å². The van der Waals surface area contributed by atoms with Crippen LogP contribution in [0.4, 0.5) is 9.18 Å². The first kappa shape index (κ1) is 20.5. The molecule has 152 valence electrons. The minimum absolute atomic E-state index is 0.253. The zero-order valence-electron chi connectivity index (χ0n) is 14.6. The van der Waals surface area contributed by atoms with Crippen LogP contribution in [0.5, 0.6) is 0 Å². The molecule has 0 aromatic heterocycles. The Labute approximate surface area is 165 Å².